The molecule has 0 bridgehead atoms. The van der Waals surface area contributed by atoms with E-state index in [-0.39, 0.29) is 12.1 Å². The number of nitrogens with one attached hydrogen (secondary N) is 2. The summed E-state index contributed by atoms with van der Waals surface area (Å²) >= 11 is 0. The van der Waals surface area contributed by atoms with Crippen molar-refractivity contribution in [2.45, 2.75) is 19.9 Å². The Balaban J connectivity index is 2.17. The van der Waals surface area contributed by atoms with E-state index in [4.69, 9.17) is 0 Å². The van der Waals surface area contributed by atoms with Crippen molar-refractivity contribution in [2.75, 3.05) is 46.3 Å². The number of amides is 2. The molecule has 94 valence electrons. The van der Waals surface area contributed by atoms with Crippen LogP contribution in [0.15, 0.2) is 0 Å². The Morgan fingerprint density at radius 2 is 2.06 bits per heavy atom. The minimum absolute atomic E-state index is 0.0186. The normalized spacial score (nSPS) is 17.5. The maximum atomic E-state index is 11.6. The lowest BCUT2D eigenvalue weighted by Crippen LogP contribution is -2.48. The molecule has 1 rings (SSSR count). The largest absolute Gasteiger partial charge is 0.336 e. The Hall–Kier alpha value is -0.810. The second-order valence-corrected chi connectivity index (χ2v) is 4.62. The first-order chi connectivity index (χ1) is 7.59. The van der Waals surface area contributed by atoms with E-state index < -0.39 is 0 Å². The average molecular weight is 228 g/mol. The highest BCUT2D eigenvalue weighted by molar-refractivity contribution is 5.74. The number of nitrogens with zero attached hydrogens (tertiary/aromatic N) is 2. The third-order valence-corrected chi connectivity index (χ3v) is 2.72. The van der Waals surface area contributed by atoms with Gasteiger partial charge < -0.3 is 15.5 Å². The third-order valence-electron chi connectivity index (χ3n) is 2.72. The molecular weight excluding hydrogens is 204 g/mol. The van der Waals surface area contributed by atoms with Crippen LogP contribution in [0.3, 0.4) is 0 Å². The van der Waals surface area contributed by atoms with Gasteiger partial charge in [-0.05, 0) is 13.8 Å². The Bertz CT molecular complexity index is 214. The van der Waals surface area contributed by atoms with Gasteiger partial charge in [-0.1, -0.05) is 0 Å². The van der Waals surface area contributed by atoms with Gasteiger partial charge in [-0.3, -0.25) is 4.90 Å². The molecule has 0 atom stereocenters. The lowest BCUT2D eigenvalue weighted by molar-refractivity contribution is 0.186. The minimum Gasteiger partial charge on any atom is -0.336 e. The summed E-state index contributed by atoms with van der Waals surface area (Å²) in [6, 6.07) is 0.222. The lowest BCUT2D eigenvalue weighted by atomic mass is 10.3. The van der Waals surface area contributed by atoms with Crippen molar-refractivity contribution in [1.82, 2.24) is 20.4 Å². The Labute approximate surface area is 98.2 Å². The summed E-state index contributed by atoms with van der Waals surface area (Å²) in [5.74, 6) is 0. The van der Waals surface area contributed by atoms with Gasteiger partial charge in [0.05, 0.1) is 0 Å². The average Bonchev–Trinajstić information content (AvgIpc) is 2.26. The number of piperazine rings is 1. The highest BCUT2D eigenvalue weighted by Gasteiger charge is 2.13. The summed E-state index contributed by atoms with van der Waals surface area (Å²) in [5, 5.41) is 6.20. The van der Waals surface area contributed by atoms with Crippen LogP contribution < -0.4 is 10.6 Å². The number of rotatable bonds is 4. The van der Waals surface area contributed by atoms with Crippen LogP contribution in [0.2, 0.25) is 0 Å². The van der Waals surface area contributed by atoms with E-state index in [0.29, 0.717) is 0 Å². The van der Waals surface area contributed by atoms with E-state index in [2.05, 4.69) is 15.5 Å². The van der Waals surface area contributed by atoms with Gasteiger partial charge in [0, 0.05) is 52.4 Å². The van der Waals surface area contributed by atoms with Gasteiger partial charge in [-0.15, -0.1) is 0 Å². The molecule has 2 N–H and O–H groups in total. The van der Waals surface area contributed by atoms with E-state index in [9.17, 15) is 4.79 Å². The third kappa shape index (κ3) is 4.81. The summed E-state index contributed by atoms with van der Waals surface area (Å²) in [5.41, 5.74) is 0. The fourth-order valence-corrected chi connectivity index (χ4v) is 1.68. The molecule has 5 nitrogen and oxygen atoms in total. The van der Waals surface area contributed by atoms with Crippen molar-refractivity contribution < 1.29 is 4.79 Å². The quantitative estimate of drug-likeness (QED) is 0.709. The van der Waals surface area contributed by atoms with Crippen LogP contribution in [0.1, 0.15) is 13.8 Å². The molecule has 0 aromatic carbocycles. The predicted molar refractivity (Wildman–Crippen MR) is 65.6 cm³/mol. The van der Waals surface area contributed by atoms with Crippen molar-refractivity contribution in [2.24, 2.45) is 0 Å². The fourth-order valence-electron chi connectivity index (χ4n) is 1.68. The molecule has 1 aliphatic rings. The smallest absolute Gasteiger partial charge is 0.317 e. The van der Waals surface area contributed by atoms with Crippen LogP contribution in [0.5, 0.6) is 0 Å². The topological polar surface area (TPSA) is 47.6 Å². The second kappa shape index (κ2) is 6.70. The molecule has 0 aromatic heterocycles. The molecule has 2 amide bonds. The maximum absolute atomic E-state index is 11.6. The summed E-state index contributed by atoms with van der Waals surface area (Å²) in [7, 11) is 1.85. The van der Waals surface area contributed by atoms with Crippen LogP contribution in [0, 0.1) is 0 Å². The molecule has 0 aliphatic carbocycles. The van der Waals surface area contributed by atoms with Gasteiger partial charge in [-0.25, -0.2) is 4.79 Å². The van der Waals surface area contributed by atoms with Crippen LogP contribution in [-0.4, -0.2) is 68.2 Å². The number of likely N-dealkylation sites (N-methyl/N-ethyl adjacent to an activating group) is 1. The molecule has 1 aliphatic heterocycles. The highest BCUT2D eigenvalue weighted by atomic mass is 16.2. The van der Waals surface area contributed by atoms with Crippen LogP contribution in [0.25, 0.3) is 0 Å². The van der Waals surface area contributed by atoms with Gasteiger partial charge >= 0.3 is 6.03 Å². The zero-order valence-corrected chi connectivity index (χ0v) is 10.6. The Kier molecular flexibility index (Phi) is 5.55. The van der Waals surface area contributed by atoms with Crippen LogP contribution in [-0.2, 0) is 0 Å². The number of hydrogen-bond acceptors (Lipinski definition) is 3. The van der Waals surface area contributed by atoms with E-state index in [1.807, 2.05) is 20.9 Å². The Morgan fingerprint density at radius 3 is 2.62 bits per heavy atom. The molecule has 1 heterocycles. The highest BCUT2D eigenvalue weighted by Crippen LogP contribution is 1.94. The van der Waals surface area contributed by atoms with Gasteiger partial charge in [-0.2, -0.15) is 0 Å². The summed E-state index contributed by atoms with van der Waals surface area (Å²) in [6.07, 6.45) is 0. The number of urea groups is 1. The zero-order valence-electron chi connectivity index (χ0n) is 10.6. The standard InChI is InChI=1S/C11H24N4O/c1-10(2)13-11(16)14(3)8-9-15-6-4-12-5-7-15/h10,12H,4-9H2,1-3H3,(H,13,16). The number of carbonyl (C=O) groups excluding carboxylic acids is 1. The van der Waals surface area contributed by atoms with Crippen molar-refractivity contribution in [3.63, 3.8) is 0 Å². The van der Waals surface area contributed by atoms with Crippen molar-refractivity contribution in [3.8, 4) is 0 Å². The molecule has 5 heteroatoms. The Morgan fingerprint density at radius 1 is 1.44 bits per heavy atom. The summed E-state index contributed by atoms with van der Waals surface area (Å²) in [4.78, 5) is 15.7. The summed E-state index contributed by atoms with van der Waals surface area (Å²) in [6.45, 7) is 9.98. The number of carbonyl (C=O) groups is 1. The van der Waals surface area contributed by atoms with E-state index in [1.165, 1.54) is 0 Å². The van der Waals surface area contributed by atoms with E-state index in [0.717, 1.165) is 39.3 Å². The molecule has 0 radical (unpaired) electrons. The molecule has 0 saturated carbocycles. The molecular formula is C11H24N4O. The van der Waals surface area contributed by atoms with E-state index in [1.54, 1.807) is 4.90 Å². The maximum Gasteiger partial charge on any atom is 0.317 e. The van der Waals surface area contributed by atoms with E-state index >= 15 is 0 Å². The SMILES string of the molecule is CC(C)NC(=O)N(C)CCN1CCNCC1. The minimum atomic E-state index is 0.0186. The first kappa shape index (κ1) is 13.3. The van der Waals surface area contributed by atoms with Gasteiger partial charge in [0.25, 0.3) is 0 Å². The fraction of sp³-hybridized carbons (Fsp3) is 0.909. The number of hydrogen-bond donors (Lipinski definition) is 2. The van der Waals surface area contributed by atoms with Gasteiger partial charge in [0.1, 0.15) is 0 Å². The van der Waals surface area contributed by atoms with Crippen molar-refractivity contribution in [1.29, 1.82) is 0 Å². The van der Waals surface area contributed by atoms with Crippen molar-refractivity contribution in [3.05, 3.63) is 0 Å². The molecule has 0 aromatic rings. The predicted octanol–water partition coefficient (Wildman–Crippen LogP) is -0.0586. The van der Waals surface area contributed by atoms with Crippen molar-refractivity contribution >= 4 is 6.03 Å². The zero-order chi connectivity index (χ0) is 12.0. The molecule has 1 saturated heterocycles. The lowest BCUT2D eigenvalue weighted by Gasteiger charge is -2.29. The molecule has 1 fully saturated rings. The van der Waals surface area contributed by atoms with Crippen LogP contribution in [0.4, 0.5) is 4.79 Å². The van der Waals surface area contributed by atoms with Crippen LogP contribution >= 0.6 is 0 Å². The summed E-state index contributed by atoms with van der Waals surface area (Å²) < 4.78 is 0. The first-order valence-corrected chi connectivity index (χ1v) is 6.04. The molecule has 16 heavy (non-hydrogen) atoms. The van der Waals surface area contributed by atoms with Gasteiger partial charge in [0.15, 0.2) is 0 Å². The molecule has 0 spiro atoms. The second-order valence-electron chi connectivity index (χ2n) is 4.62. The van der Waals surface area contributed by atoms with Gasteiger partial charge in [0.2, 0.25) is 0 Å². The first-order valence-electron chi connectivity index (χ1n) is 6.04. The molecule has 0 unspecified atom stereocenters. The monoisotopic (exact) mass is 228 g/mol.